The van der Waals surface area contributed by atoms with Crippen LogP contribution in [0, 0.1) is 0 Å². The molecule has 2 heterocycles. The van der Waals surface area contributed by atoms with E-state index in [0.717, 1.165) is 18.4 Å². The fourth-order valence-electron chi connectivity index (χ4n) is 3.24. The molecular weight excluding hydrogens is 226 g/mol. The van der Waals surface area contributed by atoms with Gasteiger partial charge in [0, 0.05) is 24.9 Å². The summed E-state index contributed by atoms with van der Waals surface area (Å²) in [6.45, 7) is 0. The van der Waals surface area contributed by atoms with Gasteiger partial charge in [0.05, 0.1) is 6.42 Å². The Bertz CT molecular complexity index is 453. The van der Waals surface area contributed by atoms with Crippen molar-refractivity contribution in [3.05, 3.63) is 35.9 Å². The van der Waals surface area contributed by atoms with Crippen LogP contribution >= 0.6 is 0 Å². The van der Waals surface area contributed by atoms with E-state index in [2.05, 4.69) is 0 Å². The zero-order chi connectivity index (χ0) is 12.5. The van der Waals surface area contributed by atoms with E-state index in [1.807, 2.05) is 35.2 Å². The summed E-state index contributed by atoms with van der Waals surface area (Å²) in [6.07, 6.45) is 3.59. The summed E-state index contributed by atoms with van der Waals surface area (Å²) in [5, 5.41) is 0. The molecule has 0 saturated carbocycles. The molecule has 0 aliphatic carbocycles. The van der Waals surface area contributed by atoms with Gasteiger partial charge >= 0.3 is 0 Å². The van der Waals surface area contributed by atoms with Crippen molar-refractivity contribution in [2.75, 3.05) is 0 Å². The number of nitrogens with zero attached hydrogens (tertiary/aromatic N) is 1. The molecular formula is C15H17NO2. The van der Waals surface area contributed by atoms with Crippen LogP contribution in [0.15, 0.2) is 30.3 Å². The molecule has 94 valence electrons. The van der Waals surface area contributed by atoms with Crippen LogP contribution in [0.4, 0.5) is 0 Å². The second-order valence-electron chi connectivity index (χ2n) is 5.30. The van der Waals surface area contributed by atoms with Crippen molar-refractivity contribution in [1.82, 2.24) is 4.90 Å². The number of piperidine rings is 1. The molecule has 3 nitrogen and oxygen atoms in total. The molecule has 0 radical (unpaired) electrons. The molecule has 18 heavy (non-hydrogen) atoms. The van der Waals surface area contributed by atoms with E-state index in [1.54, 1.807) is 0 Å². The standard InChI is InChI=1S/C15H17NO2/c17-14-9-12-6-7-13(10-14)16(12)15(18)8-11-4-2-1-3-5-11/h1-5,12-13H,6-10H2/t12-,13+. The highest BCUT2D eigenvalue weighted by Crippen LogP contribution is 2.34. The number of hydrogen-bond acceptors (Lipinski definition) is 2. The molecule has 1 aromatic carbocycles. The van der Waals surface area contributed by atoms with Gasteiger partial charge in [0.2, 0.25) is 5.91 Å². The van der Waals surface area contributed by atoms with Crippen LogP contribution in [0.1, 0.15) is 31.2 Å². The SMILES string of the molecule is O=C1C[C@H]2CC[C@@H](C1)N2C(=O)Cc1ccccc1. The minimum absolute atomic E-state index is 0.174. The first kappa shape index (κ1) is 11.5. The van der Waals surface area contributed by atoms with Gasteiger partial charge in [0.25, 0.3) is 0 Å². The van der Waals surface area contributed by atoms with Crippen molar-refractivity contribution < 1.29 is 9.59 Å². The zero-order valence-corrected chi connectivity index (χ0v) is 10.3. The second-order valence-corrected chi connectivity index (χ2v) is 5.30. The summed E-state index contributed by atoms with van der Waals surface area (Å²) < 4.78 is 0. The third kappa shape index (κ3) is 2.05. The fraction of sp³-hybridized carbons (Fsp3) is 0.467. The Balaban J connectivity index is 1.72. The average molecular weight is 243 g/mol. The highest BCUT2D eigenvalue weighted by Gasteiger charge is 2.42. The summed E-state index contributed by atoms with van der Waals surface area (Å²) in [4.78, 5) is 25.8. The van der Waals surface area contributed by atoms with E-state index in [0.29, 0.717) is 25.0 Å². The topological polar surface area (TPSA) is 37.4 Å². The van der Waals surface area contributed by atoms with Crippen molar-refractivity contribution in [1.29, 1.82) is 0 Å². The molecule has 0 unspecified atom stereocenters. The molecule has 3 heteroatoms. The number of ketones is 1. The molecule has 2 bridgehead atoms. The Kier molecular flexibility index (Phi) is 2.90. The monoisotopic (exact) mass is 243 g/mol. The lowest BCUT2D eigenvalue weighted by molar-refractivity contribution is -0.138. The number of hydrogen-bond donors (Lipinski definition) is 0. The Morgan fingerprint density at radius 1 is 1.11 bits per heavy atom. The van der Waals surface area contributed by atoms with E-state index >= 15 is 0 Å². The van der Waals surface area contributed by atoms with Crippen LogP contribution in [0.3, 0.4) is 0 Å². The van der Waals surface area contributed by atoms with Crippen LogP contribution in [-0.4, -0.2) is 28.7 Å². The third-order valence-electron chi connectivity index (χ3n) is 4.03. The van der Waals surface area contributed by atoms with Crippen LogP contribution in [-0.2, 0) is 16.0 Å². The van der Waals surface area contributed by atoms with Gasteiger partial charge in [0.15, 0.2) is 0 Å². The Labute approximate surface area is 107 Å². The lowest BCUT2D eigenvalue weighted by Crippen LogP contribution is -2.47. The number of benzene rings is 1. The van der Waals surface area contributed by atoms with Crippen molar-refractivity contribution in [3.63, 3.8) is 0 Å². The van der Waals surface area contributed by atoms with E-state index in [4.69, 9.17) is 0 Å². The minimum atomic E-state index is 0.174. The zero-order valence-electron chi connectivity index (χ0n) is 10.3. The first-order valence-electron chi connectivity index (χ1n) is 6.61. The number of Topliss-reactive ketones (excluding diaryl/α,β-unsaturated/α-hetero) is 1. The molecule has 3 rings (SSSR count). The van der Waals surface area contributed by atoms with E-state index in [1.165, 1.54) is 0 Å². The number of amides is 1. The summed E-state index contributed by atoms with van der Waals surface area (Å²) in [5.41, 5.74) is 1.05. The largest absolute Gasteiger partial charge is 0.336 e. The number of fused-ring (bicyclic) bond motifs is 2. The van der Waals surface area contributed by atoms with E-state index in [9.17, 15) is 9.59 Å². The fourth-order valence-corrected chi connectivity index (χ4v) is 3.24. The predicted molar refractivity (Wildman–Crippen MR) is 68.0 cm³/mol. The van der Waals surface area contributed by atoms with E-state index in [-0.39, 0.29) is 18.0 Å². The van der Waals surface area contributed by atoms with Gasteiger partial charge < -0.3 is 4.90 Å². The number of carbonyl (C=O) groups excluding carboxylic acids is 2. The van der Waals surface area contributed by atoms with Gasteiger partial charge in [-0.15, -0.1) is 0 Å². The third-order valence-corrected chi connectivity index (χ3v) is 4.03. The molecule has 2 aliphatic rings. The molecule has 1 aromatic rings. The summed E-state index contributed by atoms with van der Waals surface area (Å²) in [5.74, 6) is 0.507. The van der Waals surface area contributed by atoms with E-state index < -0.39 is 0 Å². The number of rotatable bonds is 2. The maximum Gasteiger partial charge on any atom is 0.227 e. The van der Waals surface area contributed by atoms with Crippen LogP contribution < -0.4 is 0 Å². The van der Waals surface area contributed by atoms with Crippen LogP contribution in [0.25, 0.3) is 0 Å². The molecule has 2 saturated heterocycles. The molecule has 0 N–H and O–H groups in total. The quantitative estimate of drug-likeness (QED) is 0.796. The second kappa shape index (κ2) is 4.56. The molecule has 2 fully saturated rings. The predicted octanol–water partition coefficient (Wildman–Crippen LogP) is 1.95. The summed E-state index contributed by atoms with van der Waals surface area (Å²) >= 11 is 0. The minimum Gasteiger partial charge on any atom is -0.336 e. The molecule has 0 aromatic heterocycles. The first-order valence-corrected chi connectivity index (χ1v) is 6.61. The van der Waals surface area contributed by atoms with Gasteiger partial charge in [0.1, 0.15) is 5.78 Å². The van der Waals surface area contributed by atoms with Crippen LogP contribution in [0.2, 0.25) is 0 Å². The summed E-state index contributed by atoms with van der Waals surface area (Å²) in [6, 6.07) is 10.2. The van der Waals surface area contributed by atoms with Gasteiger partial charge in [-0.1, -0.05) is 30.3 Å². The van der Waals surface area contributed by atoms with Gasteiger partial charge in [-0.25, -0.2) is 0 Å². The first-order chi connectivity index (χ1) is 8.74. The Morgan fingerprint density at radius 3 is 2.33 bits per heavy atom. The van der Waals surface area contributed by atoms with Crippen molar-refractivity contribution in [3.8, 4) is 0 Å². The van der Waals surface area contributed by atoms with Crippen molar-refractivity contribution >= 4 is 11.7 Å². The Morgan fingerprint density at radius 2 is 1.72 bits per heavy atom. The maximum absolute atomic E-state index is 12.3. The van der Waals surface area contributed by atoms with Crippen molar-refractivity contribution in [2.24, 2.45) is 0 Å². The molecule has 2 atom stereocenters. The number of carbonyl (C=O) groups is 2. The molecule has 2 aliphatic heterocycles. The smallest absolute Gasteiger partial charge is 0.227 e. The Hall–Kier alpha value is -1.64. The van der Waals surface area contributed by atoms with Crippen molar-refractivity contribution in [2.45, 2.75) is 44.2 Å². The van der Waals surface area contributed by atoms with Gasteiger partial charge in [-0.3, -0.25) is 9.59 Å². The lowest BCUT2D eigenvalue weighted by atomic mass is 10.00. The van der Waals surface area contributed by atoms with Crippen LogP contribution in [0.5, 0.6) is 0 Å². The molecule has 1 amide bonds. The summed E-state index contributed by atoms with van der Waals surface area (Å²) in [7, 11) is 0. The average Bonchev–Trinajstić information content (AvgIpc) is 2.63. The van der Waals surface area contributed by atoms with Gasteiger partial charge in [-0.05, 0) is 18.4 Å². The molecule has 0 spiro atoms. The lowest BCUT2D eigenvalue weighted by Gasteiger charge is -2.34. The maximum atomic E-state index is 12.3. The van der Waals surface area contributed by atoms with Gasteiger partial charge in [-0.2, -0.15) is 0 Å². The highest BCUT2D eigenvalue weighted by atomic mass is 16.2. The highest BCUT2D eigenvalue weighted by molar-refractivity contribution is 5.86. The normalized spacial score (nSPS) is 26.4.